The van der Waals surface area contributed by atoms with Crippen molar-refractivity contribution in [3.63, 3.8) is 0 Å². The molecule has 1 saturated heterocycles. The van der Waals surface area contributed by atoms with Crippen LogP contribution < -0.4 is 20.7 Å². The lowest BCUT2D eigenvalue weighted by Gasteiger charge is -2.36. The summed E-state index contributed by atoms with van der Waals surface area (Å²) in [5, 5.41) is 12.4. The van der Waals surface area contributed by atoms with E-state index in [0.717, 1.165) is 54.6 Å². The fraction of sp³-hybridized carbons (Fsp3) is 0.538. The lowest BCUT2D eigenvalue weighted by atomic mass is 9.85. The van der Waals surface area contributed by atoms with E-state index in [0.29, 0.717) is 6.04 Å². The molecule has 0 spiro atoms. The van der Waals surface area contributed by atoms with E-state index in [1.807, 2.05) is 50.6 Å². The van der Waals surface area contributed by atoms with Gasteiger partial charge in [-0.3, -0.25) is 14.3 Å². The zero-order chi connectivity index (χ0) is 24.4. The average Bonchev–Trinajstić information content (AvgIpc) is 3.33. The van der Waals surface area contributed by atoms with Crippen LogP contribution >= 0.6 is 0 Å². The van der Waals surface area contributed by atoms with E-state index in [9.17, 15) is 4.79 Å². The molecule has 1 unspecified atom stereocenters. The zero-order valence-electron chi connectivity index (χ0n) is 21.0. The molecule has 0 aromatic carbocycles. The summed E-state index contributed by atoms with van der Waals surface area (Å²) >= 11 is 0. The minimum Gasteiger partial charge on any atom is -0.376 e. The molecule has 35 heavy (non-hydrogen) atoms. The first-order valence-electron chi connectivity index (χ1n) is 12.7. The van der Waals surface area contributed by atoms with Gasteiger partial charge >= 0.3 is 0 Å². The molecule has 1 aliphatic carbocycles. The lowest BCUT2D eigenvalue weighted by molar-refractivity contribution is 0.280. The number of hydrogen-bond donors (Lipinski definition) is 1. The van der Waals surface area contributed by atoms with Gasteiger partial charge in [0.05, 0.1) is 18.1 Å². The standard InChI is InChI=1S/C26H36N8O/c1-19(34-18-25(29-30-34)21-12-24(31(2)3)16-27-15-21)33-11-9-23(13-26(33)35)32-10-5-8-22(17-32)28-14-20-6-4-7-20/h9,11-13,15-16,18-20,22,28H,4-8,10,14,17H2,1-3H3/t19?,22-/m1/s1. The van der Waals surface area contributed by atoms with Gasteiger partial charge < -0.3 is 15.1 Å². The van der Waals surface area contributed by atoms with Gasteiger partial charge in [-0.25, -0.2) is 4.68 Å². The van der Waals surface area contributed by atoms with Crippen LogP contribution in [0.1, 0.15) is 45.2 Å². The molecule has 0 radical (unpaired) electrons. The van der Waals surface area contributed by atoms with Crippen LogP contribution in [-0.4, -0.2) is 64.3 Å². The first kappa shape index (κ1) is 23.5. The van der Waals surface area contributed by atoms with Gasteiger partial charge in [0, 0.05) is 62.9 Å². The monoisotopic (exact) mass is 476 g/mol. The first-order valence-corrected chi connectivity index (χ1v) is 12.7. The van der Waals surface area contributed by atoms with Crippen LogP contribution in [0.4, 0.5) is 11.4 Å². The minimum atomic E-state index is -0.291. The summed E-state index contributed by atoms with van der Waals surface area (Å²) < 4.78 is 3.42. The Kier molecular flexibility index (Phi) is 6.86. The van der Waals surface area contributed by atoms with Gasteiger partial charge in [0.2, 0.25) is 0 Å². The number of piperidine rings is 1. The van der Waals surface area contributed by atoms with Crippen molar-refractivity contribution < 1.29 is 0 Å². The molecule has 1 saturated carbocycles. The number of nitrogens with one attached hydrogen (secondary N) is 1. The maximum absolute atomic E-state index is 13.1. The van der Waals surface area contributed by atoms with Crippen molar-refractivity contribution in [1.29, 1.82) is 0 Å². The summed E-state index contributed by atoms with van der Waals surface area (Å²) in [5.74, 6) is 0.862. The quantitative estimate of drug-likeness (QED) is 0.535. The smallest absolute Gasteiger partial charge is 0.254 e. The Morgan fingerprint density at radius 3 is 2.77 bits per heavy atom. The van der Waals surface area contributed by atoms with Gasteiger partial charge in [-0.2, -0.15) is 0 Å². The molecule has 186 valence electrons. The van der Waals surface area contributed by atoms with Gasteiger partial charge in [-0.15, -0.1) is 5.10 Å². The SMILES string of the molecule is CC(n1cc(-c2cncc(N(C)C)c2)nn1)n1ccc(N2CCC[C@@H](NCC3CCC3)C2)cc1=O. The van der Waals surface area contributed by atoms with Gasteiger partial charge in [-0.05, 0) is 57.2 Å². The van der Waals surface area contributed by atoms with E-state index >= 15 is 0 Å². The molecule has 2 atom stereocenters. The molecule has 1 N–H and O–H groups in total. The second-order valence-corrected chi connectivity index (χ2v) is 10.2. The Balaban J connectivity index is 1.27. The average molecular weight is 477 g/mol. The van der Waals surface area contributed by atoms with E-state index in [1.165, 1.54) is 25.7 Å². The molecule has 0 bridgehead atoms. The Bertz CT molecular complexity index is 1200. The van der Waals surface area contributed by atoms with Crippen molar-refractivity contribution in [2.24, 2.45) is 5.92 Å². The minimum absolute atomic E-state index is 0.0344. The molecule has 3 aromatic heterocycles. The Labute approximate surface area is 206 Å². The second kappa shape index (κ2) is 10.2. The van der Waals surface area contributed by atoms with Crippen molar-refractivity contribution in [2.75, 3.05) is 43.5 Å². The van der Waals surface area contributed by atoms with Crippen molar-refractivity contribution in [1.82, 2.24) is 29.9 Å². The number of rotatable bonds is 8. The van der Waals surface area contributed by atoms with Crippen LogP contribution in [0.2, 0.25) is 0 Å². The van der Waals surface area contributed by atoms with Crippen molar-refractivity contribution in [3.8, 4) is 11.3 Å². The number of nitrogens with zero attached hydrogens (tertiary/aromatic N) is 7. The zero-order valence-corrected chi connectivity index (χ0v) is 21.0. The van der Waals surface area contributed by atoms with E-state index < -0.39 is 0 Å². The summed E-state index contributed by atoms with van der Waals surface area (Å²) in [6, 6.07) is 6.33. The number of hydrogen-bond acceptors (Lipinski definition) is 7. The summed E-state index contributed by atoms with van der Waals surface area (Å²) in [6.07, 6.45) is 13.5. The van der Waals surface area contributed by atoms with Gasteiger partial charge in [-0.1, -0.05) is 11.6 Å². The van der Waals surface area contributed by atoms with Gasteiger partial charge in [0.15, 0.2) is 0 Å². The van der Waals surface area contributed by atoms with Crippen LogP contribution in [0.25, 0.3) is 11.3 Å². The third kappa shape index (κ3) is 5.24. The Morgan fingerprint density at radius 2 is 2.03 bits per heavy atom. The molecule has 0 amide bonds. The third-order valence-electron chi connectivity index (χ3n) is 7.47. The van der Waals surface area contributed by atoms with E-state index in [2.05, 4.69) is 31.6 Å². The molecule has 3 aromatic rings. The Morgan fingerprint density at radius 1 is 1.17 bits per heavy atom. The summed E-state index contributed by atoms with van der Waals surface area (Å²) in [4.78, 5) is 21.7. The number of aromatic nitrogens is 5. The van der Waals surface area contributed by atoms with E-state index in [4.69, 9.17) is 0 Å². The van der Waals surface area contributed by atoms with Crippen LogP contribution in [0.5, 0.6) is 0 Å². The fourth-order valence-corrected chi connectivity index (χ4v) is 4.92. The van der Waals surface area contributed by atoms with E-state index in [1.54, 1.807) is 21.5 Å². The topological polar surface area (TPSA) is 84.1 Å². The normalized spacial score (nSPS) is 19.4. The van der Waals surface area contributed by atoms with Crippen molar-refractivity contribution in [3.05, 3.63) is 53.3 Å². The molecular formula is C26H36N8O. The molecule has 4 heterocycles. The molecule has 1 aliphatic heterocycles. The fourth-order valence-electron chi connectivity index (χ4n) is 4.92. The van der Waals surface area contributed by atoms with Crippen LogP contribution in [0.15, 0.2) is 47.8 Å². The van der Waals surface area contributed by atoms with E-state index in [-0.39, 0.29) is 11.7 Å². The molecule has 2 fully saturated rings. The largest absolute Gasteiger partial charge is 0.376 e. The van der Waals surface area contributed by atoms with Crippen LogP contribution in [-0.2, 0) is 0 Å². The summed E-state index contributed by atoms with van der Waals surface area (Å²) in [5.41, 5.74) is 3.58. The maximum Gasteiger partial charge on any atom is 0.254 e. The van der Waals surface area contributed by atoms with Crippen molar-refractivity contribution in [2.45, 2.75) is 51.2 Å². The first-order chi connectivity index (χ1) is 17.0. The molecule has 9 heteroatoms. The summed E-state index contributed by atoms with van der Waals surface area (Å²) in [6.45, 7) is 5.04. The van der Waals surface area contributed by atoms with Crippen LogP contribution in [0, 0.1) is 5.92 Å². The van der Waals surface area contributed by atoms with Gasteiger partial charge in [0.25, 0.3) is 5.56 Å². The molecule has 2 aliphatic rings. The highest BCUT2D eigenvalue weighted by molar-refractivity contribution is 5.62. The van der Waals surface area contributed by atoms with Crippen LogP contribution in [0.3, 0.4) is 0 Å². The highest BCUT2D eigenvalue weighted by atomic mass is 16.1. The van der Waals surface area contributed by atoms with Crippen molar-refractivity contribution >= 4 is 11.4 Å². The molecular weight excluding hydrogens is 440 g/mol. The number of anilines is 2. The number of pyridine rings is 2. The molecule has 5 rings (SSSR count). The predicted molar refractivity (Wildman–Crippen MR) is 139 cm³/mol. The van der Waals surface area contributed by atoms with Gasteiger partial charge in [0.1, 0.15) is 11.9 Å². The molecule has 9 nitrogen and oxygen atoms in total. The highest BCUT2D eigenvalue weighted by Gasteiger charge is 2.23. The second-order valence-electron chi connectivity index (χ2n) is 10.2. The maximum atomic E-state index is 13.1. The highest BCUT2D eigenvalue weighted by Crippen LogP contribution is 2.26. The predicted octanol–water partition coefficient (Wildman–Crippen LogP) is 2.99. The third-order valence-corrected chi connectivity index (χ3v) is 7.47. The Hall–Kier alpha value is -3.20. The summed E-state index contributed by atoms with van der Waals surface area (Å²) in [7, 11) is 3.96. The lowest BCUT2D eigenvalue weighted by Crippen LogP contribution is -2.47.